The SMILES string of the molecule is C[C+](C)C1CCC2(C)C3CC[C@]45CCCC4C2(CCCOCc2ccccc2)C1N(C)C35. The van der Waals surface area contributed by atoms with E-state index in [1.165, 1.54) is 63.4 Å². The summed E-state index contributed by atoms with van der Waals surface area (Å²) in [6, 6.07) is 12.3. The van der Waals surface area contributed by atoms with Crippen LogP contribution in [0.25, 0.3) is 0 Å². The maximum Gasteiger partial charge on any atom is 0.116 e. The first-order valence-electron chi connectivity index (χ1n) is 13.6. The van der Waals surface area contributed by atoms with Crippen LogP contribution in [0.2, 0.25) is 0 Å². The van der Waals surface area contributed by atoms with Crippen LogP contribution in [0.4, 0.5) is 0 Å². The predicted molar refractivity (Wildman–Crippen MR) is 131 cm³/mol. The average Bonchev–Trinajstić information content (AvgIpc) is 3.38. The number of piperidine rings is 2. The van der Waals surface area contributed by atoms with Crippen molar-refractivity contribution in [1.82, 2.24) is 4.90 Å². The number of nitrogens with zero attached hydrogens (tertiary/aromatic N) is 1. The second-order valence-electron chi connectivity index (χ2n) is 12.7. The van der Waals surface area contributed by atoms with Gasteiger partial charge in [-0.2, -0.15) is 0 Å². The zero-order valence-electron chi connectivity index (χ0n) is 20.9. The van der Waals surface area contributed by atoms with E-state index in [1.807, 2.05) is 0 Å². The highest BCUT2D eigenvalue weighted by atomic mass is 16.5. The Kier molecular flexibility index (Phi) is 5.05. The third-order valence-electron chi connectivity index (χ3n) is 11.7. The van der Waals surface area contributed by atoms with Crippen LogP contribution in [0.1, 0.15) is 84.1 Å². The lowest BCUT2D eigenvalue weighted by Gasteiger charge is -2.77. The summed E-state index contributed by atoms with van der Waals surface area (Å²) < 4.78 is 6.23. The van der Waals surface area contributed by atoms with Crippen LogP contribution in [0.5, 0.6) is 0 Å². The number of benzene rings is 1. The van der Waals surface area contributed by atoms with Crippen molar-refractivity contribution in [2.75, 3.05) is 13.7 Å². The van der Waals surface area contributed by atoms with Gasteiger partial charge in [0, 0.05) is 12.6 Å². The van der Waals surface area contributed by atoms with Gasteiger partial charge in [0.25, 0.3) is 0 Å². The Morgan fingerprint density at radius 1 is 1.03 bits per heavy atom. The van der Waals surface area contributed by atoms with Gasteiger partial charge in [-0.1, -0.05) is 43.7 Å². The molecule has 174 valence electrons. The third kappa shape index (κ3) is 2.58. The van der Waals surface area contributed by atoms with Gasteiger partial charge in [-0.15, -0.1) is 0 Å². The fourth-order valence-corrected chi connectivity index (χ4v) is 10.9. The van der Waals surface area contributed by atoms with E-state index in [4.69, 9.17) is 4.74 Å². The third-order valence-corrected chi connectivity index (χ3v) is 11.7. The molecule has 0 aromatic heterocycles. The van der Waals surface area contributed by atoms with Crippen LogP contribution >= 0.6 is 0 Å². The fraction of sp³-hybridized carbons (Fsp3) is 0.767. The van der Waals surface area contributed by atoms with Gasteiger partial charge >= 0.3 is 0 Å². The molecule has 0 radical (unpaired) electrons. The van der Waals surface area contributed by atoms with Crippen molar-refractivity contribution < 1.29 is 4.74 Å². The van der Waals surface area contributed by atoms with Crippen LogP contribution < -0.4 is 0 Å². The molecule has 6 fully saturated rings. The second-order valence-corrected chi connectivity index (χ2v) is 12.7. The van der Waals surface area contributed by atoms with Crippen molar-refractivity contribution in [1.29, 1.82) is 0 Å². The van der Waals surface area contributed by atoms with E-state index in [1.54, 1.807) is 5.92 Å². The number of rotatable bonds is 7. The molecule has 4 saturated carbocycles. The van der Waals surface area contributed by atoms with Gasteiger partial charge in [0.15, 0.2) is 0 Å². The minimum atomic E-state index is 0.491. The lowest BCUT2D eigenvalue weighted by Crippen LogP contribution is -2.80. The molecule has 2 heteroatoms. The largest absolute Gasteiger partial charge is 0.377 e. The Bertz CT molecular complexity index is 836. The van der Waals surface area contributed by atoms with Crippen molar-refractivity contribution in [3.63, 3.8) is 0 Å². The van der Waals surface area contributed by atoms with E-state index in [0.29, 0.717) is 16.2 Å². The Hall–Kier alpha value is -0.990. The summed E-state index contributed by atoms with van der Waals surface area (Å²) in [6.07, 6.45) is 13.0. The van der Waals surface area contributed by atoms with Crippen LogP contribution in [0.3, 0.4) is 0 Å². The standard InChI is InChI=1S/C30H44NO/c1-21(2)23-13-17-28(3)24-14-18-29-15-8-12-25(29)30(28,26(23)31(4)27(24)29)16-9-19-32-20-22-10-6-5-7-11-22/h5-7,10-11,23-27H,8-9,12-20H2,1-4H3/q+1/t23?,24?,25?,26?,27?,28?,29-,30?/m1/s1. The molecule has 1 aromatic carbocycles. The van der Waals surface area contributed by atoms with Gasteiger partial charge in [0.1, 0.15) is 5.92 Å². The summed E-state index contributed by atoms with van der Waals surface area (Å²) in [4.78, 5) is 2.99. The van der Waals surface area contributed by atoms with Gasteiger partial charge in [0.2, 0.25) is 0 Å². The van der Waals surface area contributed by atoms with Crippen molar-refractivity contribution in [3.05, 3.63) is 41.8 Å². The second kappa shape index (κ2) is 7.51. The molecule has 6 aliphatic rings. The first kappa shape index (κ1) is 21.5. The molecule has 0 amide bonds. The maximum atomic E-state index is 6.23. The number of hydrogen-bond donors (Lipinski definition) is 0. The van der Waals surface area contributed by atoms with Crippen LogP contribution in [-0.4, -0.2) is 30.6 Å². The highest BCUT2D eigenvalue weighted by molar-refractivity contribution is 5.32. The maximum absolute atomic E-state index is 6.23. The minimum absolute atomic E-state index is 0.491. The van der Waals surface area contributed by atoms with Gasteiger partial charge < -0.3 is 4.74 Å². The molecule has 1 aromatic rings. The molecule has 2 nitrogen and oxygen atoms in total. The first-order chi connectivity index (χ1) is 15.5. The summed E-state index contributed by atoms with van der Waals surface area (Å²) in [7, 11) is 2.55. The molecule has 0 N–H and O–H groups in total. The zero-order valence-corrected chi connectivity index (χ0v) is 20.9. The zero-order chi connectivity index (χ0) is 22.1. The molecule has 1 spiro atoms. The predicted octanol–water partition coefficient (Wildman–Crippen LogP) is 6.89. The van der Waals surface area contributed by atoms with Gasteiger partial charge in [-0.05, 0) is 92.1 Å². The fourth-order valence-electron chi connectivity index (χ4n) is 10.9. The summed E-state index contributed by atoms with van der Waals surface area (Å²) >= 11 is 0. The smallest absolute Gasteiger partial charge is 0.116 e. The normalized spacial score (nSPS) is 46.4. The molecule has 8 atom stereocenters. The topological polar surface area (TPSA) is 12.5 Å². The lowest BCUT2D eigenvalue weighted by atomic mass is 9.33. The molecule has 32 heavy (non-hydrogen) atoms. The summed E-state index contributed by atoms with van der Waals surface area (Å²) in [5.41, 5.74) is 2.97. The molecule has 6 bridgehead atoms. The van der Waals surface area contributed by atoms with E-state index in [-0.39, 0.29) is 0 Å². The summed E-state index contributed by atoms with van der Waals surface area (Å²) in [5.74, 6) is 4.37. The van der Waals surface area contributed by atoms with E-state index in [0.717, 1.165) is 43.1 Å². The number of hydrogen-bond acceptors (Lipinski definition) is 2. The molecule has 7 rings (SSSR count). The Labute approximate surface area is 196 Å². The van der Waals surface area contributed by atoms with E-state index >= 15 is 0 Å². The highest BCUT2D eigenvalue weighted by Crippen LogP contribution is 2.82. The molecular formula is C30H44NO+. The summed E-state index contributed by atoms with van der Waals surface area (Å²) in [5, 5.41) is 0. The van der Waals surface area contributed by atoms with Gasteiger partial charge in [0.05, 0.1) is 32.4 Å². The molecule has 4 aliphatic carbocycles. The van der Waals surface area contributed by atoms with E-state index in [2.05, 4.69) is 63.1 Å². The van der Waals surface area contributed by atoms with Crippen LogP contribution in [-0.2, 0) is 11.3 Å². The first-order valence-corrected chi connectivity index (χ1v) is 13.6. The molecular weight excluding hydrogens is 390 g/mol. The van der Waals surface area contributed by atoms with Gasteiger partial charge in [-0.3, -0.25) is 4.90 Å². The van der Waals surface area contributed by atoms with Crippen molar-refractivity contribution in [3.8, 4) is 0 Å². The van der Waals surface area contributed by atoms with Crippen LogP contribution in [0.15, 0.2) is 30.3 Å². The van der Waals surface area contributed by atoms with E-state index < -0.39 is 0 Å². The van der Waals surface area contributed by atoms with Crippen molar-refractivity contribution in [2.45, 2.75) is 97.2 Å². The molecule has 2 aliphatic heterocycles. The minimum Gasteiger partial charge on any atom is -0.377 e. The van der Waals surface area contributed by atoms with Crippen molar-refractivity contribution in [2.24, 2.45) is 34.0 Å². The Morgan fingerprint density at radius 3 is 2.62 bits per heavy atom. The van der Waals surface area contributed by atoms with Crippen molar-refractivity contribution >= 4 is 0 Å². The Morgan fingerprint density at radius 2 is 1.84 bits per heavy atom. The highest BCUT2D eigenvalue weighted by Gasteiger charge is 2.82. The van der Waals surface area contributed by atoms with Crippen LogP contribution in [0, 0.1) is 39.9 Å². The van der Waals surface area contributed by atoms with E-state index in [9.17, 15) is 0 Å². The average molecular weight is 435 g/mol. The molecule has 2 heterocycles. The summed E-state index contributed by atoms with van der Waals surface area (Å²) in [6.45, 7) is 9.30. The van der Waals surface area contributed by atoms with Gasteiger partial charge in [-0.25, -0.2) is 0 Å². The quantitative estimate of drug-likeness (QED) is 0.342. The molecule has 2 saturated heterocycles. The molecule has 7 unspecified atom stereocenters. The Balaban J connectivity index is 1.31. The monoisotopic (exact) mass is 434 g/mol. The number of ether oxygens (including phenoxy) is 1. The lowest BCUT2D eigenvalue weighted by molar-refractivity contribution is -0.292.